The molecule has 2 aromatic carbocycles. The van der Waals surface area contributed by atoms with E-state index < -0.39 is 16.7 Å². The Kier molecular flexibility index (Phi) is 5.52. The first kappa shape index (κ1) is 18.1. The predicted molar refractivity (Wildman–Crippen MR) is 99.0 cm³/mol. The average molecular weight is 399 g/mol. The second-order valence-electron chi connectivity index (χ2n) is 5.53. The second kappa shape index (κ2) is 7.65. The Bertz CT molecular complexity index is 809. The highest BCUT2D eigenvalue weighted by molar-refractivity contribution is 6.54. The van der Waals surface area contributed by atoms with E-state index in [9.17, 15) is 9.59 Å². The van der Waals surface area contributed by atoms with Gasteiger partial charge in [0.15, 0.2) is 4.84 Å². The SMILES string of the molecule is O=C(Oc1ccc2c(c1Cl)CCCN2C(=O)C(Cl)Cl)c1ccccc1. The number of hydrogen-bond donors (Lipinski definition) is 0. The lowest BCUT2D eigenvalue weighted by Crippen LogP contribution is -2.38. The number of carbonyl (C=O) groups is 2. The van der Waals surface area contributed by atoms with Crippen molar-refractivity contribution < 1.29 is 14.3 Å². The fourth-order valence-electron chi connectivity index (χ4n) is 2.77. The first-order chi connectivity index (χ1) is 12.0. The van der Waals surface area contributed by atoms with Gasteiger partial charge in [0.1, 0.15) is 5.75 Å². The molecule has 0 fully saturated rings. The van der Waals surface area contributed by atoms with E-state index in [4.69, 9.17) is 39.5 Å². The number of amides is 1. The minimum absolute atomic E-state index is 0.261. The van der Waals surface area contributed by atoms with Crippen LogP contribution in [-0.2, 0) is 11.2 Å². The van der Waals surface area contributed by atoms with Crippen molar-refractivity contribution in [1.82, 2.24) is 0 Å². The Morgan fingerprint density at radius 3 is 2.48 bits per heavy atom. The van der Waals surface area contributed by atoms with Gasteiger partial charge in [-0.25, -0.2) is 4.79 Å². The number of benzene rings is 2. The molecule has 1 heterocycles. The van der Waals surface area contributed by atoms with Crippen molar-refractivity contribution in [3.8, 4) is 5.75 Å². The summed E-state index contributed by atoms with van der Waals surface area (Å²) >= 11 is 17.8. The molecule has 4 nitrogen and oxygen atoms in total. The van der Waals surface area contributed by atoms with Crippen LogP contribution in [0.15, 0.2) is 42.5 Å². The maximum Gasteiger partial charge on any atom is 0.343 e. The third-order valence-corrected chi connectivity index (χ3v) is 4.73. The van der Waals surface area contributed by atoms with Crippen LogP contribution >= 0.6 is 34.8 Å². The van der Waals surface area contributed by atoms with Gasteiger partial charge in [0.25, 0.3) is 5.91 Å². The summed E-state index contributed by atoms with van der Waals surface area (Å²) in [6.45, 7) is 0.515. The Hall–Kier alpha value is -1.75. The van der Waals surface area contributed by atoms with Crippen LogP contribution in [0.4, 0.5) is 5.69 Å². The molecule has 130 valence electrons. The molecular weight excluding hydrogens is 385 g/mol. The van der Waals surface area contributed by atoms with E-state index in [1.807, 2.05) is 6.07 Å². The summed E-state index contributed by atoms with van der Waals surface area (Å²) in [4.78, 5) is 24.7. The first-order valence-electron chi connectivity index (χ1n) is 7.67. The molecule has 0 aromatic heterocycles. The minimum Gasteiger partial charge on any atom is -0.421 e. The third-order valence-electron chi connectivity index (χ3n) is 3.95. The number of esters is 1. The molecule has 0 saturated carbocycles. The number of ether oxygens (including phenoxy) is 1. The number of alkyl halides is 2. The summed E-state index contributed by atoms with van der Waals surface area (Å²) in [7, 11) is 0. The minimum atomic E-state index is -1.14. The molecule has 1 aliphatic rings. The highest BCUT2D eigenvalue weighted by atomic mass is 35.5. The van der Waals surface area contributed by atoms with Crippen LogP contribution < -0.4 is 9.64 Å². The first-order valence-corrected chi connectivity index (χ1v) is 8.92. The van der Waals surface area contributed by atoms with Gasteiger partial charge in [-0.15, -0.1) is 0 Å². The number of anilines is 1. The lowest BCUT2D eigenvalue weighted by Gasteiger charge is -2.30. The fraction of sp³-hybridized carbons (Fsp3) is 0.222. The van der Waals surface area contributed by atoms with Gasteiger partial charge in [0.05, 0.1) is 10.6 Å². The van der Waals surface area contributed by atoms with E-state index >= 15 is 0 Å². The number of hydrogen-bond acceptors (Lipinski definition) is 3. The molecule has 0 atom stereocenters. The van der Waals surface area contributed by atoms with Gasteiger partial charge < -0.3 is 9.64 Å². The van der Waals surface area contributed by atoms with E-state index in [-0.39, 0.29) is 5.75 Å². The van der Waals surface area contributed by atoms with Crippen LogP contribution in [0.25, 0.3) is 0 Å². The predicted octanol–water partition coefficient (Wildman–Crippen LogP) is 4.64. The molecule has 0 unspecified atom stereocenters. The molecule has 0 spiro atoms. The second-order valence-corrected chi connectivity index (χ2v) is 7.00. The Balaban J connectivity index is 1.89. The molecule has 7 heteroatoms. The highest BCUT2D eigenvalue weighted by Crippen LogP contribution is 2.39. The van der Waals surface area contributed by atoms with Gasteiger partial charge in [0, 0.05) is 12.2 Å². The zero-order chi connectivity index (χ0) is 18.0. The standard InChI is InChI=1S/C18H14Cl3NO3/c19-15-12-7-4-10-22(17(23)16(20)21)13(12)8-9-14(15)25-18(24)11-5-2-1-3-6-11/h1-3,5-6,8-9,16H,4,7,10H2. The molecule has 25 heavy (non-hydrogen) atoms. The largest absolute Gasteiger partial charge is 0.421 e. The zero-order valence-electron chi connectivity index (χ0n) is 13.0. The van der Waals surface area contributed by atoms with E-state index in [0.717, 1.165) is 12.0 Å². The van der Waals surface area contributed by atoms with Crippen LogP contribution in [0, 0.1) is 0 Å². The average Bonchev–Trinajstić information content (AvgIpc) is 2.63. The summed E-state index contributed by atoms with van der Waals surface area (Å²) in [5.41, 5.74) is 1.82. The lowest BCUT2D eigenvalue weighted by atomic mass is 10.0. The molecule has 2 aromatic rings. The molecule has 3 rings (SSSR count). The van der Waals surface area contributed by atoms with Crippen molar-refractivity contribution in [2.75, 3.05) is 11.4 Å². The molecule has 1 aliphatic heterocycles. The van der Waals surface area contributed by atoms with Gasteiger partial charge in [-0.05, 0) is 42.7 Å². The van der Waals surface area contributed by atoms with E-state index in [0.29, 0.717) is 29.2 Å². The number of halogens is 3. The van der Waals surface area contributed by atoms with Crippen molar-refractivity contribution >= 4 is 52.4 Å². The Morgan fingerprint density at radius 1 is 1.08 bits per heavy atom. The van der Waals surface area contributed by atoms with Gasteiger partial charge in [-0.3, -0.25) is 4.79 Å². The van der Waals surface area contributed by atoms with Crippen molar-refractivity contribution in [1.29, 1.82) is 0 Å². The number of rotatable bonds is 3. The van der Waals surface area contributed by atoms with Gasteiger partial charge in [0.2, 0.25) is 0 Å². The van der Waals surface area contributed by atoms with Gasteiger partial charge in [-0.2, -0.15) is 0 Å². The molecule has 0 radical (unpaired) electrons. The maximum atomic E-state index is 12.2. The number of nitrogens with zero attached hydrogens (tertiary/aromatic N) is 1. The summed E-state index contributed by atoms with van der Waals surface area (Å²) in [5.74, 6) is -0.626. The van der Waals surface area contributed by atoms with Crippen LogP contribution in [0.3, 0.4) is 0 Å². The molecule has 1 amide bonds. The smallest absolute Gasteiger partial charge is 0.343 e. The fourth-order valence-corrected chi connectivity index (χ4v) is 3.30. The van der Waals surface area contributed by atoms with Crippen LogP contribution in [0.2, 0.25) is 5.02 Å². The van der Waals surface area contributed by atoms with Crippen molar-refractivity contribution in [3.05, 3.63) is 58.6 Å². The zero-order valence-corrected chi connectivity index (χ0v) is 15.3. The normalized spacial score (nSPS) is 13.5. The highest BCUT2D eigenvalue weighted by Gasteiger charge is 2.29. The molecule has 0 aliphatic carbocycles. The molecule has 0 bridgehead atoms. The van der Waals surface area contributed by atoms with Crippen LogP contribution in [0.1, 0.15) is 22.3 Å². The van der Waals surface area contributed by atoms with Gasteiger partial charge in [-0.1, -0.05) is 53.0 Å². The number of fused-ring (bicyclic) bond motifs is 1. The van der Waals surface area contributed by atoms with Crippen LogP contribution in [0.5, 0.6) is 5.75 Å². The van der Waals surface area contributed by atoms with Crippen LogP contribution in [-0.4, -0.2) is 23.3 Å². The summed E-state index contributed by atoms with van der Waals surface area (Å²) in [6.07, 6.45) is 1.39. The Labute approximate surface area is 160 Å². The maximum absolute atomic E-state index is 12.2. The van der Waals surface area contributed by atoms with E-state index in [1.54, 1.807) is 36.4 Å². The topological polar surface area (TPSA) is 46.6 Å². The summed E-state index contributed by atoms with van der Waals surface area (Å²) in [5, 5.41) is 0.319. The quantitative estimate of drug-likeness (QED) is 0.430. The number of carbonyl (C=O) groups excluding carboxylic acids is 2. The van der Waals surface area contributed by atoms with E-state index in [2.05, 4.69) is 0 Å². The molecule has 0 saturated heterocycles. The monoisotopic (exact) mass is 397 g/mol. The summed E-state index contributed by atoms with van der Waals surface area (Å²) in [6, 6.07) is 11.9. The van der Waals surface area contributed by atoms with E-state index in [1.165, 1.54) is 4.90 Å². The Morgan fingerprint density at radius 2 is 1.80 bits per heavy atom. The van der Waals surface area contributed by atoms with Crippen molar-refractivity contribution in [3.63, 3.8) is 0 Å². The molecule has 0 N–H and O–H groups in total. The lowest BCUT2D eigenvalue weighted by molar-refractivity contribution is -0.117. The van der Waals surface area contributed by atoms with Gasteiger partial charge >= 0.3 is 5.97 Å². The molecular formula is C18H14Cl3NO3. The van der Waals surface area contributed by atoms with Crippen molar-refractivity contribution in [2.45, 2.75) is 17.7 Å². The van der Waals surface area contributed by atoms with Crippen molar-refractivity contribution in [2.24, 2.45) is 0 Å². The third kappa shape index (κ3) is 3.76. The summed E-state index contributed by atoms with van der Waals surface area (Å²) < 4.78 is 5.41.